The van der Waals surface area contributed by atoms with Crippen molar-refractivity contribution in [2.75, 3.05) is 35.5 Å². The second-order valence-electron chi connectivity index (χ2n) is 8.19. The van der Waals surface area contributed by atoms with Crippen LogP contribution in [0.25, 0.3) is 0 Å². The van der Waals surface area contributed by atoms with Gasteiger partial charge in [0.2, 0.25) is 0 Å². The van der Waals surface area contributed by atoms with Crippen LogP contribution in [0.5, 0.6) is 28.7 Å². The van der Waals surface area contributed by atoms with Crippen LogP contribution in [0.1, 0.15) is 44.7 Å². The van der Waals surface area contributed by atoms with Crippen molar-refractivity contribution in [2.24, 2.45) is 11.3 Å². The number of rotatable bonds is 8. The quantitative estimate of drug-likeness (QED) is 0.580. The second-order valence-corrected chi connectivity index (χ2v) is 8.19. The molecule has 0 N–H and O–H groups in total. The Labute approximate surface area is 174 Å². The van der Waals surface area contributed by atoms with Crippen LogP contribution in [0.15, 0.2) is 30.3 Å². The third-order valence-electron chi connectivity index (χ3n) is 5.71. The van der Waals surface area contributed by atoms with Crippen molar-refractivity contribution in [1.82, 2.24) is 0 Å². The maximum absolute atomic E-state index is 5.79. The van der Waals surface area contributed by atoms with Gasteiger partial charge in [-0.2, -0.15) is 0 Å². The van der Waals surface area contributed by atoms with Crippen molar-refractivity contribution in [3.05, 3.63) is 41.5 Å². The van der Waals surface area contributed by atoms with Gasteiger partial charge in [0.1, 0.15) is 28.7 Å². The van der Waals surface area contributed by atoms with Gasteiger partial charge in [0.05, 0.1) is 35.5 Å². The fraction of sp³-hybridized carbons (Fsp3) is 0.500. The predicted molar refractivity (Wildman–Crippen MR) is 116 cm³/mol. The van der Waals surface area contributed by atoms with Crippen LogP contribution in [0.4, 0.5) is 0 Å². The molecule has 0 heterocycles. The van der Waals surface area contributed by atoms with Crippen molar-refractivity contribution in [2.45, 2.75) is 33.6 Å². The minimum Gasteiger partial charge on any atom is -0.497 e. The molecule has 2 aromatic rings. The van der Waals surface area contributed by atoms with Crippen LogP contribution in [0.3, 0.4) is 0 Å². The van der Waals surface area contributed by atoms with Gasteiger partial charge in [-0.05, 0) is 17.4 Å². The van der Waals surface area contributed by atoms with Gasteiger partial charge >= 0.3 is 0 Å². The Morgan fingerprint density at radius 2 is 1.14 bits per heavy atom. The highest BCUT2D eigenvalue weighted by Crippen LogP contribution is 2.51. The van der Waals surface area contributed by atoms with Crippen molar-refractivity contribution in [3.8, 4) is 28.7 Å². The molecule has 0 spiro atoms. The number of benzene rings is 2. The fourth-order valence-corrected chi connectivity index (χ4v) is 3.59. The third kappa shape index (κ3) is 4.72. The Balaban J connectivity index is 2.84. The third-order valence-corrected chi connectivity index (χ3v) is 5.71. The summed E-state index contributed by atoms with van der Waals surface area (Å²) in [6.07, 6.45) is 0. The molecule has 0 saturated carbocycles. The van der Waals surface area contributed by atoms with Crippen molar-refractivity contribution < 1.29 is 23.7 Å². The first kappa shape index (κ1) is 22.7. The molecular weight excluding hydrogens is 368 g/mol. The first-order chi connectivity index (χ1) is 13.7. The molecule has 0 aliphatic rings. The second kappa shape index (κ2) is 9.29. The van der Waals surface area contributed by atoms with E-state index >= 15 is 0 Å². The highest BCUT2D eigenvalue weighted by molar-refractivity contribution is 5.58. The summed E-state index contributed by atoms with van der Waals surface area (Å²) in [7, 11) is 8.30. The highest BCUT2D eigenvalue weighted by atomic mass is 16.5. The van der Waals surface area contributed by atoms with E-state index in [1.165, 1.54) is 0 Å². The van der Waals surface area contributed by atoms with E-state index in [-0.39, 0.29) is 17.3 Å². The summed E-state index contributed by atoms with van der Waals surface area (Å²) in [5.74, 6) is 3.85. The van der Waals surface area contributed by atoms with E-state index in [2.05, 4.69) is 33.8 Å². The summed E-state index contributed by atoms with van der Waals surface area (Å²) < 4.78 is 28.2. The summed E-state index contributed by atoms with van der Waals surface area (Å²) in [5, 5.41) is 0. The molecule has 2 rings (SSSR count). The van der Waals surface area contributed by atoms with E-state index in [1.54, 1.807) is 35.5 Å². The number of methoxy groups -OCH3 is 5. The van der Waals surface area contributed by atoms with Gasteiger partial charge in [0, 0.05) is 35.2 Å². The zero-order valence-corrected chi connectivity index (χ0v) is 19.1. The SMILES string of the molecule is COc1ccc([C@H](c2c(OC)cc(OC)cc2OC)[C@H](C)C(C)(C)C)c(OC)c1. The summed E-state index contributed by atoms with van der Waals surface area (Å²) in [6, 6.07) is 9.74. The maximum atomic E-state index is 5.79. The lowest BCUT2D eigenvalue weighted by Gasteiger charge is -2.37. The van der Waals surface area contributed by atoms with Gasteiger partial charge in [0.25, 0.3) is 0 Å². The molecule has 29 heavy (non-hydrogen) atoms. The molecule has 0 aliphatic heterocycles. The minimum atomic E-state index is -0.0355. The zero-order chi connectivity index (χ0) is 21.8. The summed E-state index contributed by atoms with van der Waals surface area (Å²) >= 11 is 0. The topological polar surface area (TPSA) is 46.2 Å². The molecule has 0 saturated heterocycles. The van der Waals surface area contributed by atoms with Crippen LogP contribution >= 0.6 is 0 Å². The number of hydrogen-bond donors (Lipinski definition) is 0. The van der Waals surface area contributed by atoms with Crippen molar-refractivity contribution >= 4 is 0 Å². The Bertz CT molecular complexity index is 798. The zero-order valence-electron chi connectivity index (χ0n) is 19.1. The Morgan fingerprint density at radius 3 is 1.55 bits per heavy atom. The molecule has 0 aliphatic carbocycles. The van der Waals surface area contributed by atoms with E-state index in [0.717, 1.165) is 34.1 Å². The van der Waals surface area contributed by atoms with Gasteiger partial charge < -0.3 is 23.7 Å². The molecule has 160 valence electrons. The van der Waals surface area contributed by atoms with Gasteiger partial charge in [0.15, 0.2) is 0 Å². The monoisotopic (exact) mass is 402 g/mol. The molecule has 5 heteroatoms. The molecule has 2 atom stereocenters. The molecule has 0 radical (unpaired) electrons. The van der Waals surface area contributed by atoms with E-state index in [1.807, 2.05) is 24.3 Å². The largest absolute Gasteiger partial charge is 0.497 e. The van der Waals surface area contributed by atoms with E-state index in [9.17, 15) is 0 Å². The number of ether oxygens (including phenoxy) is 5. The minimum absolute atomic E-state index is 0.0194. The van der Waals surface area contributed by atoms with Crippen LogP contribution in [-0.4, -0.2) is 35.5 Å². The van der Waals surface area contributed by atoms with Crippen molar-refractivity contribution in [1.29, 1.82) is 0 Å². The molecule has 0 amide bonds. The molecule has 2 aromatic carbocycles. The average molecular weight is 403 g/mol. The highest BCUT2D eigenvalue weighted by Gasteiger charge is 2.36. The molecule has 0 unspecified atom stereocenters. The first-order valence-electron chi connectivity index (χ1n) is 9.73. The Kier molecular flexibility index (Phi) is 7.28. The number of hydrogen-bond acceptors (Lipinski definition) is 5. The lowest BCUT2D eigenvalue weighted by Crippen LogP contribution is -2.26. The fourth-order valence-electron chi connectivity index (χ4n) is 3.59. The van der Waals surface area contributed by atoms with E-state index < -0.39 is 0 Å². The predicted octanol–water partition coefficient (Wildman–Crippen LogP) is 5.54. The van der Waals surface area contributed by atoms with E-state index in [0.29, 0.717) is 5.75 Å². The molecular formula is C24H34O5. The summed E-state index contributed by atoms with van der Waals surface area (Å²) in [5.41, 5.74) is 2.05. The van der Waals surface area contributed by atoms with Gasteiger partial charge in [-0.25, -0.2) is 0 Å². The summed E-state index contributed by atoms with van der Waals surface area (Å²) in [4.78, 5) is 0. The lowest BCUT2D eigenvalue weighted by molar-refractivity contribution is 0.228. The first-order valence-corrected chi connectivity index (χ1v) is 9.73. The van der Waals surface area contributed by atoms with Gasteiger partial charge in [-0.15, -0.1) is 0 Å². The standard InChI is InChI=1S/C24H34O5/c1-15(24(2,3)4)22(18-11-10-16(25-5)12-19(18)27-7)23-20(28-8)13-17(26-6)14-21(23)29-9/h10-15,22H,1-9H3/t15-,22+/m0/s1. The van der Waals surface area contributed by atoms with Crippen LogP contribution < -0.4 is 23.7 Å². The van der Waals surface area contributed by atoms with Gasteiger partial charge in [-0.1, -0.05) is 33.8 Å². The summed E-state index contributed by atoms with van der Waals surface area (Å²) in [6.45, 7) is 8.97. The lowest BCUT2D eigenvalue weighted by atomic mass is 9.68. The smallest absolute Gasteiger partial charge is 0.130 e. The molecule has 0 aromatic heterocycles. The molecule has 0 fully saturated rings. The average Bonchev–Trinajstić information content (AvgIpc) is 2.72. The molecule has 0 bridgehead atoms. The molecule has 5 nitrogen and oxygen atoms in total. The van der Waals surface area contributed by atoms with Gasteiger partial charge in [-0.3, -0.25) is 0 Å². The Hall–Kier alpha value is -2.56. The van der Waals surface area contributed by atoms with Crippen LogP contribution in [0, 0.1) is 11.3 Å². The van der Waals surface area contributed by atoms with Crippen molar-refractivity contribution in [3.63, 3.8) is 0 Å². The Morgan fingerprint density at radius 1 is 0.655 bits per heavy atom. The maximum Gasteiger partial charge on any atom is 0.130 e. The van der Waals surface area contributed by atoms with E-state index in [4.69, 9.17) is 23.7 Å². The van der Waals surface area contributed by atoms with Crippen LogP contribution in [0.2, 0.25) is 0 Å². The normalized spacial score (nSPS) is 13.4. The van der Waals surface area contributed by atoms with Crippen LogP contribution in [-0.2, 0) is 0 Å².